The Bertz CT molecular complexity index is 512. The fourth-order valence-corrected chi connectivity index (χ4v) is 1.63. The number of carbonyl (C=O) groups excluding carboxylic acids is 2. The van der Waals surface area contributed by atoms with Gasteiger partial charge in [-0.15, -0.1) is 0 Å². The highest BCUT2D eigenvalue weighted by Gasteiger charge is 2.18. The summed E-state index contributed by atoms with van der Waals surface area (Å²) >= 11 is 11.3. The van der Waals surface area contributed by atoms with E-state index in [2.05, 4.69) is 0 Å². The van der Waals surface area contributed by atoms with Crippen LogP contribution in [0.5, 0.6) is 0 Å². The van der Waals surface area contributed by atoms with E-state index in [-0.39, 0.29) is 21.2 Å². The van der Waals surface area contributed by atoms with Crippen LogP contribution in [0.25, 0.3) is 0 Å². The summed E-state index contributed by atoms with van der Waals surface area (Å²) in [6.45, 7) is 1.99. The number of carbonyl (C=O) groups is 2. The molecular weight excluding hydrogens is 282 g/mol. The topological polar surface area (TPSA) is 43.4 Å². The predicted molar refractivity (Wildman–Crippen MR) is 66.5 cm³/mol. The number of benzene rings is 1. The third kappa shape index (κ3) is 3.31. The zero-order chi connectivity index (χ0) is 13.7. The number of Topliss-reactive ketones (excluding diaryl/α,β-unsaturated/α-hetero) is 1. The minimum atomic E-state index is -0.786. The molecule has 0 fully saturated rings. The summed E-state index contributed by atoms with van der Waals surface area (Å²) in [6, 6.07) is 1.99. The van der Waals surface area contributed by atoms with Crippen LogP contribution in [-0.4, -0.2) is 18.7 Å². The minimum Gasteiger partial charge on any atom is -0.501 e. The summed E-state index contributed by atoms with van der Waals surface area (Å²) in [7, 11) is 0. The molecule has 0 bridgehead atoms. The average molecular weight is 291 g/mol. The van der Waals surface area contributed by atoms with Gasteiger partial charge in [-0.05, 0) is 19.1 Å². The first-order chi connectivity index (χ1) is 8.51. The van der Waals surface area contributed by atoms with Crippen molar-refractivity contribution in [3.8, 4) is 0 Å². The van der Waals surface area contributed by atoms with Crippen molar-refractivity contribution < 1.29 is 18.7 Å². The lowest BCUT2D eigenvalue weighted by Crippen LogP contribution is -2.07. The van der Waals surface area contributed by atoms with Crippen LogP contribution >= 0.6 is 23.2 Å². The zero-order valence-corrected chi connectivity index (χ0v) is 10.9. The first-order valence-electron chi connectivity index (χ1n) is 4.97. The van der Waals surface area contributed by atoms with Crippen molar-refractivity contribution in [2.45, 2.75) is 6.92 Å². The molecule has 0 N–H and O–H groups in total. The third-order valence-electron chi connectivity index (χ3n) is 2.02. The molecule has 0 saturated carbocycles. The molecule has 0 heterocycles. The predicted octanol–water partition coefficient (Wildman–Crippen LogP) is 3.43. The molecular formula is C12H9Cl2FO3. The van der Waals surface area contributed by atoms with Crippen molar-refractivity contribution in [2.75, 3.05) is 6.61 Å². The molecule has 0 spiro atoms. The van der Waals surface area contributed by atoms with Gasteiger partial charge in [0.2, 0.25) is 5.78 Å². The second-order valence-electron chi connectivity index (χ2n) is 3.22. The van der Waals surface area contributed by atoms with E-state index in [9.17, 15) is 14.0 Å². The van der Waals surface area contributed by atoms with E-state index in [1.165, 1.54) is 0 Å². The van der Waals surface area contributed by atoms with Crippen LogP contribution < -0.4 is 0 Å². The van der Waals surface area contributed by atoms with Crippen molar-refractivity contribution >= 4 is 35.3 Å². The molecule has 18 heavy (non-hydrogen) atoms. The Kier molecular flexibility index (Phi) is 5.31. The van der Waals surface area contributed by atoms with Gasteiger partial charge in [0.15, 0.2) is 6.29 Å². The number of rotatable bonds is 5. The zero-order valence-electron chi connectivity index (χ0n) is 9.38. The molecule has 0 aromatic heterocycles. The smallest absolute Gasteiger partial charge is 0.201 e. The Hall–Kier alpha value is -1.39. The molecule has 0 amide bonds. The number of hydrogen-bond acceptors (Lipinski definition) is 3. The highest BCUT2D eigenvalue weighted by molar-refractivity contribution is 6.38. The molecule has 0 aliphatic rings. The van der Waals surface area contributed by atoms with Gasteiger partial charge in [-0.2, -0.15) is 0 Å². The Morgan fingerprint density at radius 3 is 2.61 bits per heavy atom. The summed E-state index contributed by atoms with van der Waals surface area (Å²) < 4.78 is 18.1. The molecule has 96 valence electrons. The van der Waals surface area contributed by atoms with Crippen LogP contribution in [0, 0.1) is 5.82 Å². The van der Waals surface area contributed by atoms with Gasteiger partial charge in [-0.1, -0.05) is 23.2 Å². The van der Waals surface area contributed by atoms with E-state index < -0.39 is 11.6 Å². The van der Waals surface area contributed by atoms with Crippen molar-refractivity contribution in [1.82, 2.24) is 0 Å². The number of aldehydes is 1. The van der Waals surface area contributed by atoms with E-state index in [1.807, 2.05) is 0 Å². The maximum absolute atomic E-state index is 13.3. The Balaban J connectivity index is 3.17. The molecule has 0 atom stereocenters. The quantitative estimate of drug-likeness (QED) is 0.159. The van der Waals surface area contributed by atoms with Crippen LogP contribution in [0.2, 0.25) is 10.0 Å². The van der Waals surface area contributed by atoms with Crippen molar-refractivity contribution in [2.24, 2.45) is 0 Å². The fourth-order valence-electron chi connectivity index (χ4n) is 1.16. The standard InChI is InChI=1S/C12H9Cl2FO3/c1-2-18-6-7(5-16)12(17)8-3-11(15)10(14)4-9(8)13/h3-6H,2H2,1H3. The van der Waals surface area contributed by atoms with Gasteiger partial charge in [0.1, 0.15) is 5.82 Å². The monoisotopic (exact) mass is 290 g/mol. The normalized spacial score (nSPS) is 11.2. The summed E-state index contributed by atoms with van der Waals surface area (Å²) in [5.41, 5.74) is -0.392. The van der Waals surface area contributed by atoms with E-state index in [4.69, 9.17) is 27.9 Å². The second kappa shape index (κ2) is 6.52. The molecule has 1 aromatic carbocycles. The third-order valence-corrected chi connectivity index (χ3v) is 2.62. The van der Waals surface area contributed by atoms with E-state index >= 15 is 0 Å². The van der Waals surface area contributed by atoms with Gasteiger partial charge in [-0.25, -0.2) is 4.39 Å². The van der Waals surface area contributed by atoms with Crippen molar-refractivity contribution in [3.63, 3.8) is 0 Å². The Labute approximate surface area is 113 Å². The summed E-state index contributed by atoms with van der Waals surface area (Å²) in [5, 5.41) is -0.228. The van der Waals surface area contributed by atoms with Gasteiger partial charge in [0.05, 0.1) is 28.5 Å². The Morgan fingerprint density at radius 2 is 2.06 bits per heavy atom. The molecule has 0 saturated heterocycles. The van der Waals surface area contributed by atoms with Crippen LogP contribution in [-0.2, 0) is 9.53 Å². The van der Waals surface area contributed by atoms with Gasteiger partial charge in [0, 0.05) is 5.56 Å². The van der Waals surface area contributed by atoms with E-state index in [0.29, 0.717) is 12.9 Å². The summed E-state index contributed by atoms with van der Waals surface area (Å²) in [5.74, 6) is -1.51. The first kappa shape index (κ1) is 14.7. The number of ether oxygens (including phenoxy) is 1. The molecule has 3 nitrogen and oxygen atoms in total. The lowest BCUT2D eigenvalue weighted by molar-refractivity contribution is -0.104. The molecule has 0 radical (unpaired) electrons. The van der Waals surface area contributed by atoms with Gasteiger partial charge in [0.25, 0.3) is 0 Å². The first-order valence-corrected chi connectivity index (χ1v) is 5.73. The van der Waals surface area contributed by atoms with Crippen LogP contribution in [0.1, 0.15) is 17.3 Å². The highest BCUT2D eigenvalue weighted by atomic mass is 35.5. The van der Waals surface area contributed by atoms with Crippen LogP contribution in [0.3, 0.4) is 0 Å². The number of halogens is 3. The SMILES string of the molecule is CCOC=C(C=O)C(=O)c1cc(F)c(Cl)cc1Cl. The number of hydrogen-bond donors (Lipinski definition) is 0. The fraction of sp³-hybridized carbons (Fsp3) is 0.167. The van der Waals surface area contributed by atoms with E-state index in [1.54, 1.807) is 6.92 Å². The van der Waals surface area contributed by atoms with Crippen LogP contribution in [0.4, 0.5) is 4.39 Å². The van der Waals surface area contributed by atoms with Crippen molar-refractivity contribution in [1.29, 1.82) is 0 Å². The van der Waals surface area contributed by atoms with Gasteiger partial charge in [-0.3, -0.25) is 9.59 Å². The lowest BCUT2D eigenvalue weighted by Gasteiger charge is -2.05. The van der Waals surface area contributed by atoms with Crippen molar-refractivity contribution in [3.05, 3.63) is 45.4 Å². The minimum absolute atomic E-state index is 0.0318. The molecule has 0 aliphatic carbocycles. The summed E-state index contributed by atoms with van der Waals surface area (Å²) in [4.78, 5) is 22.6. The molecule has 6 heteroatoms. The molecule has 0 aliphatic heterocycles. The average Bonchev–Trinajstić information content (AvgIpc) is 2.34. The Morgan fingerprint density at radius 1 is 1.39 bits per heavy atom. The second-order valence-corrected chi connectivity index (χ2v) is 4.04. The summed E-state index contributed by atoms with van der Waals surface area (Å²) in [6.07, 6.45) is 1.33. The largest absolute Gasteiger partial charge is 0.501 e. The van der Waals surface area contributed by atoms with Gasteiger partial charge < -0.3 is 4.74 Å². The lowest BCUT2D eigenvalue weighted by atomic mass is 10.1. The van der Waals surface area contributed by atoms with Crippen LogP contribution in [0.15, 0.2) is 24.0 Å². The maximum Gasteiger partial charge on any atom is 0.201 e. The maximum atomic E-state index is 13.3. The van der Waals surface area contributed by atoms with E-state index in [0.717, 1.165) is 18.4 Å². The van der Waals surface area contributed by atoms with Gasteiger partial charge >= 0.3 is 0 Å². The highest BCUT2D eigenvalue weighted by Crippen LogP contribution is 2.25. The number of allylic oxidation sites excluding steroid dienone is 1. The molecule has 1 rings (SSSR count). The molecule has 1 aromatic rings. The number of ketones is 1. The molecule has 0 unspecified atom stereocenters.